The molecule has 2 aliphatic heterocycles. The topological polar surface area (TPSA) is 66.1 Å². The van der Waals surface area contributed by atoms with E-state index in [0.717, 1.165) is 64.9 Å². The third-order valence-corrected chi connectivity index (χ3v) is 8.21. The maximum Gasteiger partial charge on any atom is 0.169 e. The molecule has 1 spiro atoms. The Morgan fingerprint density at radius 3 is 2.94 bits per heavy atom. The van der Waals surface area contributed by atoms with Crippen molar-refractivity contribution in [3.63, 3.8) is 0 Å². The van der Waals surface area contributed by atoms with E-state index in [4.69, 9.17) is 9.15 Å². The Morgan fingerprint density at radius 1 is 1.26 bits per heavy atom. The lowest BCUT2D eigenvalue weighted by atomic mass is 9.49. The average molecular weight is 415 g/mol. The zero-order valence-corrected chi connectivity index (χ0v) is 17.5. The van der Waals surface area contributed by atoms with E-state index < -0.39 is 17.1 Å². The number of aromatic hydroxyl groups is 1. The van der Waals surface area contributed by atoms with Gasteiger partial charge in [-0.2, -0.15) is 0 Å². The normalized spacial score (nSPS) is 32.5. The smallest absolute Gasteiger partial charge is 0.169 e. The van der Waals surface area contributed by atoms with E-state index in [1.165, 1.54) is 0 Å². The number of nitrogens with zero attached hydrogens (tertiary/aromatic N) is 1. The summed E-state index contributed by atoms with van der Waals surface area (Å²) in [7, 11) is 0. The van der Waals surface area contributed by atoms with Crippen LogP contribution in [-0.2, 0) is 18.3 Å². The molecule has 4 aliphatic rings. The number of piperidine rings is 1. The number of phenols is 1. The van der Waals surface area contributed by atoms with E-state index >= 15 is 0 Å². The van der Waals surface area contributed by atoms with Gasteiger partial charge < -0.3 is 19.4 Å². The molecule has 2 aromatic carbocycles. The summed E-state index contributed by atoms with van der Waals surface area (Å²) in [5.41, 5.74) is 3.48. The molecule has 3 aromatic rings. The third-order valence-electron chi connectivity index (χ3n) is 8.21. The molecule has 5 heteroatoms. The van der Waals surface area contributed by atoms with Gasteiger partial charge in [0.1, 0.15) is 11.3 Å². The Hall–Kier alpha value is -2.76. The first kappa shape index (κ1) is 17.9. The van der Waals surface area contributed by atoms with Crippen LogP contribution in [0.4, 0.5) is 0 Å². The Kier molecular flexibility index (Phi) is 3.19. The van der Waals surface area contributed by atoms with Crippen molar-refractivity contribution in [2.24, 2.45) is 0 Å². The number of phenolic OH excluding ortho intramolecular Hbond substituents is 1. The number of ether oxygens (including phenoxy) is 1. The molecular weight excluding hydrogens is 390 g/mol. The lowest BCUT2D eigenvalue weighted by Crippen LogP contribution is -2.74. The minimum atomic E-state index is -1.02. The monoisotopic (exact) mass is 415 g/mol. The van der Waals surface area contributed by atoms with Crippen LogP contribution in [0.3, 0.4) is 0 Å². The predicted molar refractivity (Wildman–Crippen MR) is 117 cm³/mol. The van der Waals surface area contributed by atoms with Gasteiger partial charge in [0, 0.05) is 42.1 Å². The van der Waals surface area contributed by atoms with E-state index in [1.807, 2.05) is 31.2 Å². The molecule has 4 atom stereocenters. The molecule has 31 heavy (non-hydrogen) atoms. The first-order valence-electron chi connectivity index (χ1n) is 11.1. The summed E-state index contributed by atoms with van der Waals surface area (Å²) < 4.78 is 12.9. The molecule has 0 amide bonds. The van der Waals surface area contributed by atoms with Crippen LogP contribution in [0.1, 0.15) is 41.9 Å². The maximum absolute atomic E-state index is 12.6. The zero-order chi connectivity index (χ0) is 21.1. The number of benzene rings is 2. The molecule has 2 bridgehead atoms. The Balaban J connectivity index is 1.54. The standard InChI is InChI=1S/C26H25NO4/c1-14(2)13-27-10-9-25-21-15-7-8-18(28)23(21)31-24(25)22-17(12-26(25,29)20(27)11-15)16-5-3-4-6-19(16)30-22/h3-8,20,24,28-29H,1,9-13H2,2H3/t20?,24-,25-,26+/m0/s1. The van der Waals surface area contributed by atoms with Crippen LogP contribution in [0.5, 0.6) is 11.5 Å². The van der Waals surface area contributed by atoms with Crippen LogP contribution in [-0.4, -0.2) is 39.8 Å². The molecule has 3 heterocycles. The molecule has 5 nitrogen and oxygen atoms in total. The van der Waals surface area contributed by atoms with Gasteiger partial charge in [0.2, 0.25) is 0 Å². The molecule has 2 N–H and O–H groups in total. The molecular formula is C26H25NO4. The fourth-order valence-electron chi connectivity index (χ4n) is 7.11. The number of likely N-dealkylation sites (tertiary alicyclic amines) is 1. The van der Waals surface area contributed by atoms with Gasteiger partial charge in [-0.25, -0.2) is 0 Å². The summed E-state index contributed by atoms with van der Waals surface area (Å²) in [5, 5.41) is 24.4. The van der Waals surface area contributed by atoms with Crippen molar-refractivity contribution in [1.82, 2.24) is 4.90 Å². The first-order valence-corrected chi connectivity index (χ1v) is 11.1. The lowest BCUT2D eigenvalue weighted by Gasteiger charge is -2.62. The van der Waals surface area contributed by atoms with Gasteiger partial charge in [-0.05, 0) is 37.5 Å². The second-order valence-electron chi connectivity index (χ2n) is 9.86. The van der Waals surface area contributed by atoms with Gasteiger partial charge in [-0.15, -0.1) is 0 Å². The fourth-order valence-corrected chi connectivity index (χ4v) is 7.11. The highest BCUT2D eigenvalue weighted by Gasteiger charge is 2.73. The van der Waals surface area contributed by atoms with Crippen molar-refractivity contribution in [2.45, 2.75) is 49.3 Å². The molecule has 1 saturated heterocycles. The molecule has 158 valence electrons. The molecule has 1 aromatic heterocycles. The number of fused-ring (bicyclic) bond motifs is 4. The number of furan rings is 1. The Bertz CT molecular complexity index is 1290. The predicted octanol–water partition coefficient (Wildman–Crippen LogP) is 4.00. The SMILES string of the molecule is C=C(C)CN1CC[C@]23c4c5ccc(O)c4O[C@H]2c2oc4ccccc4c2C[C@@]3(O)C1C5. The molecule has 0 radical (unpaired) electrons. The number of hydrogen-bond acceptors (Lipinski definition) is 5. The Labute approximate surface area is 180 Å². The van der Waals surface area contributed by atoms with Crippen molar-refractivity contribution in [1.29, 1.82) is 0 Å². The highest BCUT2D eigenvalue weighted by atomic mass is 16.5. The highest BCUT2D eigenvalue weighted by Crippen LogP contribution is 2.69. The summed E-state index contributed by atoms with van der Waals surface area (Å²) in [6.07, 6.45) is 1.56. The molecule has 1 fully saturated rings. The third kappa shape index (κ3) is 1.91. The van der Waals surface area contributed by atoms with Crippen LogP contribution < -0.4 is 4.74 Å². The largest absolute Gasteiger partial charge is 0.504 e. The number of aliphatic hydroxyl groups is 1. The minimum absolute atomic E-state index is 0.0474. The van der Waals surface area contributed by atoms with Crippen LogP contribution >= 0.6 is 0 Å². The number of hydrogen-bond donors (Lipinski definition) is 2. The summed E-state index contributed by atoms with van der Waals surface area (Å²) >= 11 is 0. The Morgan fingerprint density at radius 2 is 2.10 bits per heavy atom. The van der Waals surface area contributed by atoms with Crippen LogP contribution in [0.15, 0.2) is 53.0 Å². The van der Waals surface area contributed by atoms with E-state index in [0.29, 0.717) is 12.2 Å². The summed E-state index contributed by atoms with van der Waals surface area (Å²) in [6.45, 7) is 7.80. The zero-order valence-electron chi connectivity index (χ0n) is 17.5. The quantitative estimate of drug-likeness (QED) is 0.620. The van der Waals surface area contributed by atoms with Gasteiger partial charge in [-0.1, -0.05) is 36.4 Å². The highest BCUT2D eigenvalue weighted by molar-refractivity contribution is 5.84. The molecule has 0 saturated carbocycles. The molecule has 7 rings (SSSR count). The second-order valence-corrected chi connectivity index (χ2v) is 9.86. The maximum atomic E-state index is 12.6. The molecule has 1 unspecified atom stereocenters. The van der Waals surface area contributed by atoms with Crippen molar-refractivity contribution >= 4 is 11.0 Å². The van der Waals surface area contributed by atoms with Crippen molar-refractivity contribution in [3.8, 4) is 11.5 Å². The number of rotatable bonds is 2. The van der Waals surface area contributed by atoms with Gasteiger partial charge in [0.05, 0.1) is 11.0 Å². The van der Waals surface area contributed by atoms with E-state index in [9.17, 15) is 10.2 Å². The summed E-state index contributed by atoms with van der Waals surface area (Å²) in [4.78, 5) is 2.39. The molecule has 2 aliphatic carbocycles. The van der Waals surface area contributed by atoms with E-state index in [-0.39, 0.29) is 11.8 Å². The van der Waals surface area contributed by atoms with Crippen LogP contribution in [0, 0.1) is 0 Å². The van der Waals surface area contributed by atoms with Crippen LogP contribution in [0.2, 0.25) is 0 Å². The van der Waals surface area contributed by atoms with Crippen LogP contribution in [0.25, 0.3) is 11.0 Å². The van der Waals surface area contributed by atoms with E-state index in [2.05, 4.69) is 17.5 Å². The van der Waals surface area contributed by atoms with E-state index in [1.54, 1.807) is 6.07 Å². The lowest BCUT2D eigenvalue weighted by molar-refractivity contribution is -0.173. The number of para-hydroxylation sites is 1. The van der Waals surface area contributed by atoms with Gasteiger partial charge in [-0.3, -0.25) is 4.90 Å². The van der Waals surface area contributed by atoms with Gasteiger partial charge in [0.15, 0.2) is 17.6 Å². The average Bonchev–Trinajstić information content (AvgIpc) is 3.27. The minimum Gasteiger partial charge on any atom is -0.504 e. The first-order chi connectivity index (χ1) is 14.9. The van der Waals surface area contributed by atoms with Crippen molar-refractivity contribution in [3.05, 3.63) is 71.0 Å². The van der Waals surface area contributed by atoms with Crippen molar-refractivity contribution in [2.75, 3.05) is 13.1 Å². The summed E-state index contributed by atoms with van der Waals surface area (Å²) in [5.74, 6) is 1.48. The van der Waals surface area contributed by atoms with Gasteiger partial charge in [0.25, 0.3) is 0 Å². The second kappa shape index (κ2) is 5.53. The van der Waals surface area contributed by atoms with Crippen molar-refractivity contribution < 1.29 is 19.4 Å². The fraction of sp³-hybridized carbons (Fsp3) is 0.385. The summed E-state index contributed by atoms with van der Waals surface area (Å²) in [6, 6.07) is 11.7. The van der Waals surface area contributed by atoms with Gasteiger partial charge >= 0.3 is 0 Å².